The molecule has 0 saturated heterocycles. The van der Waals surface area contributed by atoms with Crippen LogP contribution in [0.1, 0.15) is 43.0 Å². The van der Waals surface area contributed by atoms with Crippen molar-refractivity contribution < 1.29 is 4.79 Å². The number of carbonyl (C=O) groups is 1. The molecule has 2 aromatic carbocycles. The average Bonchev–Trinajstić information content (AvgIpc) is 2.54. The van der Waals surface area contributed by atoms with Crippen LogP contribution < -0.4 is 5.32 Å². The summed E-state index contributed by atoms with van der Waals surface area (Å²) in [6.07, 6.45) is 1.91. The third-order valence-corrected chi connectivity index (χ3v) is 4.64. The first-order valence-electron chi connectivity index (χ1n) is 7.82. The van der Waals surface area contributed by atoms with E-state index in [9.17, 15) is 4.79 Å². The Kier molecular flexibility index (Phi) is 6.49. The molecule has 0 aliphatic heterocycles. The summed E-state index contributed by atoms with van der Waals surface area (Å²) >= 11 is 12.3. The molecule has 0 aliphatic rings. The third-order valence-electron chi connectivity index (χ3n) is 3.93. The van der Waals surface area contributed by atoms with Gasteiger partial charge in [0, 0.05) is 16.5 Å². The smallest absolute Gasteiger partial charge is 0.220 e. The molecule has 0 aliphatic carbocycles. The highest BCUT2D eigenvalue weighted by Gasteiger charge is 2.12. The summed E-state index contributed by atoms with van der Waals surface area (Å²) in [7, 11) is 0. The van der Waals surface area contributed by atoms with Crippen LogP contribution in [0.5, 0.6) is 0 Å². The summed E-state index contributed by atoms with van der Waals surface area (Å²) in [5.74, 6) is -0.00643. The molecule has 2 nitrogen and oxygen atoms in total. The van der Waals surface area contributed by atoms with E-state index >= 15 is 0 Å². The fourth-order valence-electron chi connectivity index (χ4n) is 2.45. The SMILES string of the molecule is CCc1ccc([C@H](C)NC(=O)CCc2c(Cl)cccc2Cl)cc1. The largest absolute Gasteiger partial charge is 0.350 e. The van der Waals surface area contributed by atoms with Crippen LogP contribution >= 0.6 is 23.2 Å². The molecule has 1 N–H and O–H groups in total. The van der Waals surface area contributed by atoms with Gasteiger partial charge in [0.05, 0.1) is 6.04 Å². The maximum atomic E-state index is 12.1. The van der Waals surface area contributed by atoms with Gasteiger partial charge in [-0.3, -0.25) is 4.79 Å². The van der Waals surface area contributed by atoms with E-state index in [1.54, 1.807) is 18.2 Å². The Balaban J connectivity index is 1.91. The number of hydrogen-bond acceptors (Lipinski definition) is 1. The molecule has 122 valence electrons. The lowest BCUT2D eigenvalue weighted by Crippen LogP contribution is -2.26. The predicted octanol–water partition coefficient (Wildman–Crippen LogP) is 5.37. The molecular weight excluding hydrogens is 329 g/mol. The molecule has 0 spiro atoms. The first kappa shape index (κ1) is 17.8. The van der Waals surface area contributed by atoms with Crippen molar-refractivity contribution in [1.82, 2.24) is 5.32 Å². The topological polar surface area (TPSA) is 29.1 Å². The van der Waals surface area contributed by atoms with Crippen molar-refractivity contribution >= 4 is 29.1 Å². The van der Waals surface area contributed by atoms with Crippen LogP contribution in [0, 0.1) is 0 Å². The van der Waals surface area contributed by atoms with Crippen molar-refractivity contribution in [1.29, 1.82) is 0 Å². The van der Waals surface area contributed by atoms with Crippen molar-refractivity contribution in [3.8, 4) is 0 Å². The van der Waals surface area contributed by atoms with Crippen molar-refractivity contribution in [2.45, 2.75) is 39.2 Å². The number of carbonyl (C=O) groups excluding carboxylic acids is 1. The number of rotatable bonds is 6. The van der Waals surface area contributed by atoms with Gasteiger partial charge in [-0.25, -0.2) is 0 Å². The van der Waals surface area contributed by atoms with Crippen LogP contribution in [0.25, 0.3) is 0 Å². The van der Waals surface area contributed by atoms with Crippen LogP contribution in [0.4, 0.5) is 0 Å². The minimum absolute atomic E-state index is 0.00643. The Labute approximate surface area is 147 Å². The first-order chi connectivity index (χ1) is 11.0. The average molecular weight is 350 g/mol. The zero-order valence-corrected chi connectivity index (χ0v) is 14.9. The quantitative estimate of drug-likeness (QED) is 0.746. The normalized spacial score (nSPS) is 12.0. The van der Waals surface area contributed by atoms with E-state index in [0.717, 1.165) is 17.5 Å². The zero-order chi connectivity index (χ0) is 16.8. The summed E-state index contributed by atoms with van der Waals surface area (Å²) in [6, 6.07) is 13.7. The minimum Gasteiger partial charge on any atom is -0.350 e. The Morgan fingerprint density at radius 2 is 1.70 bits per heavy atom. The van der Waals surface area contributed by atoms with E-state index in [1.165, 1.54) is 5.56 Å². The van der Waals surface area contributed by atoms with Gasteiger partial charge in [0.1, 0.15) is 0 Å². The number of halogens is 2. The molecule has 0 unspecified atom stereocenters. The van der Waals surface area contributed by atoms with Gasteiger partial charge in [0.15, 0.2) is 0 Å². The molecule has 4 heteroatoms. The minimum atomic E-state index is -0.0184. The molecule has 2 rings (SSSR count). The van der Waals surface area contributed by atoms with Crippen molar-refractivity contribution in [2.24, 2.45) is 0 Å². The molecule has 23 heavy (non-hydrogen) atoms. The number of hydrogen-bond donors (Lipinski definition) is 1. The van der Waals surface area contributed by atoms with Crippen LogP contribution in [-0.4, -0.2) is 5.91 Å². The molecule has 0 fully saturated rings. The Morgan fingerprint density at radius 1 is 1.09 bits per heavy atom. The third kappa shape index (κ3) is 4.98. The maximum absolute atomic E-state index is 12.1. The van der Waals surface area contributed by atoms with E-state index in [4.69, 9.17) is 23.2 Å². The zero-order valence-electron chi connectivity index (χ0n) is 13.4. The number of benzene rings is 2. The van der Waals surface area contributed by atoms with E-state index < -0.39 is 0 Å². The lowest BCUT2D eigenvalue weighted by Gasteiger charge is -2.15. The van der Waals surface area contributed by atoms with Crippen molar-refractivity contribution in [2.75, 3.05) is 0 Å². The van der Waals surface area contributed by atoms with Gasteiger partial charge in [0.25, 0.3) is 0 Å². The highest BCUT2D eigenvalue weighted by atomic mass is 35.5. The fourth-order valence-corrected chi connectivity index (χ4v) is 3.04. The molecular formula is C19H21Cl2NO. The van der Waals surface area contributed by atoms with Gasteiger partial charge in [-0.2, -0.15) is 0 Å². The fraction of sp³-hybridized carbons (Fsp3) is 0.316. The monoisotopic (exact) mass is 349 g/mol. The van der Waals surface area contributed by atoms with E-state index in [-0.39, 0.29) is 11.9 Å². The molecule has 0 heterocycles. The van der Waals surface area contributed by atoms with Crippen molar-refractivity contribution in [3.63, 3.8) is 0 Å². The van der Waals surface area contributed by atoms with E-state index in [1.807, 2.05) is 6.92 Å². The van der Waals surface area contributed by atoms with Crippen LogP contribution in [-0.2, 0) is 17.6 Å². The Bertz CT molecular complexity index is 647. The molecule has 1 atom stereocenters. The van der Waals surface area contributed by atoms with Crippen LogP contribution in [0.3, 0.4) is 0 Å². The van der Waals surface area contributed by atoms with Crippen molar-refractivity contribution in [3.05, 3.63) is 69.2 Å². The summed E-state index contributed by atoms with van der Waals surface area (Å²) in [5, 5.41) is 4.23. The van der Waals surface area contributed by atoms with E-state index in [2.05, 4.69) is 36.5 Å². The number of aryl methyl sites for hydroxylation is 1. The Hall–Kier alpha value is -1.51. The highest BCUT2D eigenvalue weighted by Crippen LogP contribution is 2.25. The summed E-state index contributed by atoms with van der Waals surface area (Å²) in [5.41, 5.74) is 3.22. The predicted molar refractivity (Wildman–Crippen MR) is 97.2 cm³/mol. The molecule has 0 bridgehead atoms. The van der Waals surface area contributed by atoms with Crippen LogP contribution in [0.2, 0.25) is 10.0 Å². The Morgan fingerprint density at radius 3 is 2.26 bits per heavy atom. The second kappa shape index (κ2) is 8.37. The first-order valence-corrected chi connectivity index (χ1v) is 8.58. The van der Waals surface area contributed by atoms with Gasteiger partial charge < -0.3 is 5.32 Å². The standard InChI is InChI=1S/C19H21Cl2NO/c1-3-14-7-9-15(10-8-14)13(2)22-19(23)12-11-16-17(20)5-4-6-18(16)21/h4-10,13H,3,11-12H2,1-2H3,(H,22,23)/t13-/m0/s1. The summed E-state index contributed by atoms with van der Waals surface area (Å²) in [6.45, 7) is 4.11. The highest BCUT2D eigenvalue weighted by molar-refractivity contribution is 6.36. The molecule has 0 aromatic heterocycles. The maximum Gasteiger partial charge on any atom is 0.220 e. The molecule has 0 saturated carbocycles. The van der Waals surface area contributed by atoms with Gasteiger partial charge in [0.2, 0.25) is 5.91 Å². The van der Waals surface area contributed by atoms with E-state index in [0.29, 0.717) is 22.9 Å². The van der Waals surface area contributed by atoms with Crippen LogP contribution in [0.15, 0.2) is 42.5 Å². The molecule has 1 amide bonds. The molecule has 2 aromatic rings. The summed E-state index contributed by atoms with van der Waals surface area (Å²) < 4.78 is 0. The second-order valence-corrected chi connectivity index (χ2v) is 6.40. The van der Waals surface area contributed by atoms with Gasteiger partial charge in [-0.15, -0.1) is 0 Å². The second-order valence-electron chi connectivity index (χ2n) is 5.58. The lowest BCUT2D eigenvalue weighted by atomic mass is 10.0. The lowest BCUT2D eigenvalue weighted by molar-refractivity contribution is -0.121. The summed E-state index contributed by atoms with van der Waals surface area (Å²) in [4.78, 5) is 12.1. The van der Waals surface area contributed by atoms with Gasteiger partial charge in [-0.1, -0.05) is 60.5 Å². The van der Waals surface area contributed by atoms with Gasteiger partial charge in [-0.05, 0) is 48.6 Å². The number of amides is 1. The number of nitrogens with one attached hydrogen (secondary N) is 1. The molecule has 0 radical (unpaired) electrons. The van der Waals surface area contributed by atoms with Gasteiger partial charge >= 0.3 is 0 Å².